The van der Waals surface area contributed by atoms with Crippen molar-refractivity contribution in [2.24, 2.45) is 0 Å². The van der Waals surface area contributed by atoms with E-state index in [9.17, 15) is 4.79 Å². The molecule has 20 heavy (non-hydrogen) atoms. The van der Waals surface area contributed by atoms with E-state index in [1.165, 1.54) is 51.6 Å². The third-order valence-corrected chi connectivity index (χ3v) is 4.67. The predicted molar refractivity (Wildman–Crippen MR) is 82.8 cm³/mol. The van der Waals surface area contributed by atoms with E-state index in [2.05, 4.69) is 15.5 Å². The maximum absolute atomic E-state index is 12.1. The number of hydrogen-bond acceptors (Lipinski definition) is 3. The zero-order valence-corrected chi connectivity index (χ0v) is 13.0. The average Bonchev–Trinajstić information content (AvgIpc) is 2.49. The van der Waals surface area contributed by atoms with Crippen molar-refractivity contribution in [2.75, 3.05) is 26.2 Å². The predicted octanol–water partition coefficient (Wildman–Crippen LogP) is 1.90. The fourth-order valence-electron chi connectivity index (χ4n) is 3.29. The second-order valence-corrected chi connectivity index (χ2v) is 6.42. The highest BCUT2D eigenvalue weighted by molar-refractivity contribution is 5.81. The number of hydrogen-bond donors (Lipinski definition) is 2. The lowest BCUT2D eigenvalue weighted by molar-refractivity contribution is -0.123. The second kappa shape index (κ2) is 8.63. The van der Waals surface area contributed by atoms with Crippen LogP contribution in [0.25, 0.3) is 0 Å². The number of piperidine rings is 1. The van der Waals surface area contributed by atoms with Gasteiger partial charge in [0.25, 0.3) is 0 Å². The minimum Gasteiger partial charge on any atom is -0.352 e. The van der Waals surface area contributed by atoms with E-state index in [-0.39, 0.29) is 11.9 Å². The van der Waals surface area contributed by atoms with Crippen LogP contribution < -0.4 is 10.6 Å². The molecule has 1 saturated heterocycles. The quantitative estimate of drug-likeness (QED) is 0.781. The molecule has 4 heteroatoms. The summed E-state index contributed by atoms with van der Waals surface area (Å²) in [5.41, 5.74) is 0. The highest BCUT2D eigenvalue weighted by Gasteiger charge is 2.19. The molecule has 0 bridgehead atoms. The number of carbonyl (C=O) groups is 1. The Balaban J connectivity index is 1.58. The van der Waals surface area contributed by atoms with Gasteiger partial charge in [0.2, 0.25) is 5.91 Å². The van der Waals surface area contributed by atoms with Gasteiger partial charge in [-0.15, -0.1) is 0 Å². The highest BCUT2D eigenvalue weighted by Crippen LogP contribution is 2.17. The van der Waals surface area contributed by atoms with Crippen molar-refractivity contribution in [3.8, 4) is 0 Å². The Morgan fingerprint density at radius 3 is 2.45 bits per heavy atom. The molecule has 0 aromatic rings. The minimum absolute atomic E-state index is 0.0679. The Kier molecular flexibility index (Phi) is 6.80. The molecule has 2 N–H and O–H groups in total. The molecule has 2 fully saturated rings. The summed E-state index contributed by atoms with van der Waals surface area (Å²) in [4.78, 5) is 14.6. The Hall–Kier alpha value is -0.610. The van der Waals surface area contributed by atoms with Crippen molar-refractivity contribution in [3.63, 3.8) is 0 Å². The third kappa shape index (κ3) is 5.41. The topological polar surface area (TPSA) is 44.4 Å². The molecule has 0 radical (unpaired) electrons. The van der Waals surface area contributed by atoms with Crippen LogP contribution in [0.1, 0.15) is 58.3 Å². The van der Waals surface area contributed by atoms with Crippen molar-refractivity contribution >= 4 is 5.91 Å². The van der Waals surface area contributed by atoms with E-state index in [0.29, 0.717) is 6.04 Å². The lowest BCUT2D eigenvalue weighted by Gasteiger charge is -2.27. The summed E-state index contributed by atoms with van der Waals surface area (Å²) in [6.45, 7) is 6.42. The van der Waals surface area contributed by atoms with Gasteiger partial charge in [0.15, 0.2) is 0 Å². The first-order chi connectivity index (χ1) is 9.75. The first kappa shape index (κ1) is 15.8. The van der Waals surface area contributed by atoms with Crippen LogP contribution in [0.4, 0.5) is 0 Å². The summed E-state index contributed by atoms with van der Waals surface area (Å²) < 4.78 is 0. The van der Waals surface area contributed by atoms with Gasteiger partial charge in [0.05, 0.1) is 6.04 Å². The monoisotopic (exact) mass is 281 g/mol. The largest absolute Gasteiger partial charge is 0.352 e. The van der Waals surface area contributed by atoms with Crippen molar-refractivity contribution in [1.82, 2.24) is 15.5 Å². The molecular weight excluding hydrogens is 250 g/mol. The van der Waals surface area contributed by atoms with Crippen molar-refractivity contribution in [2.45, 2.75) is 70.4 Å². The molecule has 116 valence electrons. The van der Waals surface area contributed by atoms with E-state index in [4.69, 9.17) is 0 Å². The van der Waals surface area contributed by atoms with Crippen LogP contribution >= 0.6 is 0 Å². The molecule has 2 rings (SSSR count). The number of likely N-dealkylation sites (tertiary alicyclic amines) is 1. The van der Waals surface area contributed by atoms with Crippen LogP contribution in [-0.4, -0.2) is 49.1 Å². The van der Waals surface area contributed by atoms with Gasteiger partial charge in [-0.1, -0.05) is 25.7 Å². The average molecular weight is 281 g/mol. The van der Waals surface area contributed by atoms with Crippen LogP contribution in [0.15, 0.2) is 0 Å². The molecule has 1 aliphatic heterocycles. The molecule has 1 unspecified atom stereocenters. The second-order valence-electron chi connectivity index (χ2n) is 6.42. The van der Waals surface area contributed by atoms with E-state index >= 15 is 0 Å². The van der Waals surface area contributed by atoms with E-state index in [1.54, 1.807) is 0 Å². The smallest absolute Gasteiger partial charge is 0.237 e. The van der Waals surface area contributed by atoms with Crippen LogP contribution in [-0.2, 0) is 4.79 Å². The Bertz CT molecular complexity index is 283. The van der Waals surface area contributed by atoms with Crippen LogP contribution in [0.3, 0.4) is 0 Å². The zero-order chi connectivity index (χ0) is 14.2. The maximum Gasteiger partial charge on any atom is 0.237 e. The van der Waals surface area contributed by atoms with E-state index < -0.39 is 0 Å². The fourth-order valence-corrected chi connectivity index (χ4v) is 3.29. The minimum atomic E-state index is -0.0679. The summed E-state index contributed by atoms with van der Waals surface area (Å²) in [5, 5.41) is 6.56. The SMILES string of the molecule is CC(NCCN1CCCCC1)C(=O)NC1CCCCC1. The first-order valence-corrected chi connectivity index (χ1v) is 8.52. The number of nitrogens with zero attached hydrogens (tertiary/aromatic N) is 1. The standard InChI is InChI=1S/C16H31N3O/c1-14(16(20)18-15-8-4-2-5-9-15)17-10-13-19-11-6-3-7-12-19/h14-15,17H,2-13H2,1H3,(H,18,20). The molecule has 0 aromatic heterocycles. The van der Waals surface area contributed by atoms with Crippen LogP contribution in [0.5, 0.6) is 0 Å². The highest BCUT2D eigenvalue weighted by atomic mass is 16.2. The molecule has 4 nitrogen and oxygen atoms in total. The molecule has 1 amide bonds. The maximum atomic E-state index is 12.1. The molecule has 1 aliphatic carbocycles. The number of nitrogens with one attached hydrogen (secondary N) is 2. The molecule has 0 spiro atoms. The molecule has 1 heterocycles. The summed E-state index contributed by atoms with van der Waals surface area (Å²) in [6, 6.07) is 0.351. The van der Waals surface area contributed by atoms with Crippen molar-refractivity contribution in [1.29, 1.82) is 0 Å². The summed E-state index contributed by atoms with van der Waals surface area (Å²) in [6.07, 6.45) is 10.2. The lowest BCUT2D eigenvalue weighted by atomic mass is 9.95. The Morgan fingerprint density at radius 2 is 1.75 bits per heavy atom. The van der Waals surface area contributed by atoms with E-state index in [0.717, 1.165) is 25.9 Å². The normalized spacial score (nSPS) is 23.4. The molecule has 1 saturated carbocycles. The molecule has 0 aromatic carbocycles. The summed E-state index contributed by atoms with van der Waals surface area (Å²) in [7, 11) is 0. The van der Waals surface area contributed by atoms with E-state index in [1.807, 2.05) is 6.92 Å². The lowest BCUT2D eigenvalue weighted by Crippen LogP contribution is -2.48. The van der Waals surface area contributed by atoms with Gasteiger partial charge in [-0.2, -0.15) is 0 Å². The molecule has 1 atom stereocenters. The zero-order valence-electron chi connectivity index (χ0n) is 13.0. The van der Waals surface area contributed by atoms with Gasteiger partial charge in [0.1, 0.15) is 0 Å². The Labute approximate surface area is 123 Å². The Morgan fingerprint density at radius 1 is 1.10 bits per heavy atom. The number of amides is 1. The van der Waals surface area contributed by atoms with Gasteiger partial charge in [-0.3, -0.25) is 4.79 Å². The van der Waals surface area contributed by atoms with Crippen LogP contribution in [0.2, 0.25) is 0 Å². The van der Waals surface area contributed by atoms with Gasteiger partial charge < -0.3 is 15.5 Å². The third-order valence-electron chi connectivity index (χ3n) is 4.67. The summed E-state index contributed by atoms with van der Waals surface area (Å²) >= 11 is 0. The number of rotatable bonds is 6. The molecular formula is C16H31N3O. The van der Waals surface area contributed by atoms with Crippen molar-refractivity contribution < 1.29 is 4.79 Å². The molecule has 2 aliphatic rings. The van der Waals surface area contributed by atoms with Crippen molar-refractivity contribution in [3.05, 3.63) is 0 Å². The van der Waals surface area contributed by atoms with Gasteiger partial charge in [0, 0.05) is 19.1 Å². The van der Waals surface area contributed by atoms with Gasteiger partial charge in [-0.05, 0) is 45.7 Å². The number of carbonyl (C=O) groups excluding carboxylic acids is 1. The summed E-state index contributed by atoms with van der Waals surface area (Å²) in [5.74, 6) is 0.176. The van der Waals surface area contributed by atoms with Gasteiger partial charge in [-0.25, -0.2) is 0 Å². The fraction of sp³-hybridized carbons (Fsp3) is 0.938. The van der Waals surface area contributed by atoms with Gasteiger partial charge >= 0.3 is 0 Å². The van der Waals surface area contributed by atoms with Crippen LogP contribution in [0, 0.1) is 0 Å². The first-order valence-electron chi connectivity index (χ1n) is 8.52.